The van der Waals surface area contributed by atoms with Gasteiger partial charge in [-0.3, -0.25) is 4.79 Å². The highest BCUT2D eigenvalue weighted by Gasteiger charge is 2.34. The van der Waals surface area contributed by atoms with E-state index in [9.17, 15) is 4.79 Å². The van der Waals surface area contributed by atoms with Crippen molar-refractivity contribution in [3.05, 3.63) is 12.2 Å². The van der Waals surface area contributed by atoms with E-state index >= 15 is 0 Å². The van der Waals surface area contributed by atoms with Gasteiger partial charge >= 0.3 is 0 Å². The molecule has 0 bridgehead atoms. The molecule has 1 saturated carbocycles. The highest BCUT2D eigenvalue weighted by atomic mass is 16.5. The summed E-state index contributed by atoms with van der Waals surface area (Å²) in [5, 5.41) is 2.95. The lowest BCUT2D eigenvalue weighted by atomic mass is 10.0. The summed E-state index contributed by atoms with van der Waals surface area (Å²) >= 11 is 0. The summed E-state index contributed by atoms with van der Waals surface area (Å²) in [5.74, 6) is -0.0252. The van der Waals surface area contributed by atoms with Crippen molar-refractivity contribution in [2.24, 2.45) is 0 Å². The summed E-state index contributed by atoms with van der Waals surface area (Å²) in [6.07, 6.45) is 8.00. The second-order valence-corrected chi connectivity index (χ2v) is 5.21. The zero-order valence-electron chi connectivity index (χ0n) is 11.9. The first-order valence-corrected chi connectivity index (χ1v) is 6.81. The number of nitrogens with zero attached hydrogens (tertiary/aromatic N) is 1. The number of nitrogens with one attached hydrogen (secondary N) is 1. The van der Waals surface area contributed by atoms with E-state index in [1.165, 1.54) is 12.8 Å². The quantitative estimate of drug-likeness (QED) is 0.701. The van der Waals surface area contributed by atoms with Crippen LogP contribution in [0.3, 0.4) is 0 Å². The Kier molecular flexibility index (Phi) is 6.36. The minimum Gasteiger partial charge on any atom is -0.373 e. The van der Waals surface area contributed by atoms with Crippen LogP contribution in [0.4, 0.5) is 0 Å². The van der Waals surface area contributed by atoms with Crippen LogP contribution >= 0.6 is 0 Å². The Morgan fingerprint density at radius 1 is 1.39 bits per heavy atom. The highest BCUT2D eigenvalue weighted by Crippen LogP contribution is 2.32. The van der Waals surface area contributed by atoms with Gasteiger partial charge in [-0.25, -0.2) is 0 Å². The molecule has 0 radical (unpaired) electrons. The van der Waals surface area contributed by atoms with Gasteiger partial charge in [-0.1, -0.05) is 18.9 Å². The molecule has 1 fully saturated rings. The average Bonchev–Trinajstić information content (AvgIpc) is 2.76. The molecule has 0 spiro atoms. The maximum atomic E-state index is 11.7. The average molecular weight is 254 g/mol. The van der Waals surface area contributed by atoms with Crippen LogP contribution in [0.1, 0.15) is 32.6 Å². The van der Waals surface area contributed by atoms with Gasteiger partial charge in [0, 0.05) is 25.8 Å². The van der Waals surface area contributed by atoms with Gasteiger partial charge < -0.3 is 15.0 Å². The van der Waals surface area contributed by atoms with Crippen molar-refractivity contribution < 1.29 is 9.53 Å². The lowest BCUT2D eigenvalue weighted by Crippen LogP contribution is -2.42. The third-order valence-electron chi connectivity index (χ3n) is 3.29. The molecule has 0 heterocycles. The molecule has 4 heteroatoms. The van der Waals surface area contributed by atoms with Crippen LogP contribution in [0.2, 0.25) is 0 Å². The third-order valence-corrected chi connectivity index (χ3v) is 3.29. The molecule has 1 N–H and O–H groups in total. The van der Waals surface area contributed by atoms with E-state index in [1.54, 1.807) is 6.08 Å². The van der Waals surface area contributed by atoms with Gasteiger partial charge in [-0.15, -0.1) is 0 Å². The van der Waals surface area contributed by atoms with Crippen molar-refractivity contribution in [3.8, 4) is 0 Å². The normalized spacial score (nSPS) is 18.7. The number of hydrogen-bond donors (Lipinski definition) is 1. The number of amides is 1. The molecule has 1 rings (SSSR count). The van der Waals surface area contributed by atoms with Crippen molar-refractivity contribution in [3.63, 3.8) is 0 Å². The Morgan fingerprint density at radius 3 is 2.61 bits per heavy atom. The van der Waals surface area contributed by atoms with Crippen molar-refractivity contribution >= 4 is 5.91 Å². The van der Waals surface area contributed by atoms with Crippen LogP contribution in [0, 0.1) is 0 Å². The predicted octanol–water partition coefficient (Wildman–Crippen LogP) is 1.57. The summed E-state index contributed by atoms with van der Waals surface area (Å²) < 4.78 is 5.84. The third kappa shape index (κ3) is 5.19. The molecule has 104 valence electrons. The minimum atomic E-state index is -0.111. The standard InChI is InChI=1S/C14H26N2O2/c1-4-18-14(9-5-6-10-14)12-15-13(17)8-7-11-16(2)3/h7-8H,4-6,9-12H2,1-3H3,(H,15,17)/b8-7+. The molecule has 18 heavy (non-hydrogen) atoms. The molecule has 0 atom stereocenters. The van der Waals surface area contributed by atoms with E-state index in [2.05, 4.69) is 5.32 Å². The first-order chi connectivity index (χ1) is 8.58. The first-order valence-electron chi connectivity index (χ1n) is 6.81. The maximum absolute atomic E-state index is 11.7. The molecule has 0 saturated heterocycles. The molecule has 0 aromatic rings. The Labute approximate surface area is 110 Å². The number of carbonyl (C=O) groups is 1. The molecule has 1 aliphatic rings. The van der Waals surface area contributed by atoms with E-state index < -0.39 is 0 Å². The molecule has 0 aliphatic heterocycles. The zero-order chi connectivity index (χ0) is 13.4. The fraction of sp³-hybridized carbons (Fsp3) is 0.786. The summed E-state index contributed by atoms with van der Waals surface area (Å²) in [7, 11) is 3.95. The van der Waals surface area contributed by atoms with Crippen LogP contribution in [-0.2, 0) is 9.53 Å². The molecular formula is C14H26N2O2. The van der Waals surface area contributed by atoms with Crippen LogP contribution in [0.15, 0.2) is 12.2 Å². The predicted molar refractivity (Wildman–Crippen MR) is 73.5 cm³/mol. The van der Waals surface area contributed by atoms with Crippen LogP contribution in [0.25, 0.3) is 0 Å². The molecule has 4 nitrogen and oxygen atoms in total. The summed E-state index contributed by atoms with van der Waals surface area (Å²) in [5.41, 5.74) is -0.111. The van der Waals surface area contributed by atoms with Crippen molar-refractivity contribution in [1.82, 2.24) is 10.2 Å². The van der Waals surface area contributed by atoms with Gasteiger partial charge in [0.1, 0.15) is 0 Å². The number of rotatable bonds is 7. The Bertz CT molecular complexity index is 282. The van der Waals surface area contributed by atoms with Crippen LogP contribution in [-0.4, -0.2) is 50.2 Å². The van der Waals surface area contributed by atoms with E-state index in [1.807, 2.05) is 32.0 Å². The van der Waals surface area contributed by atoms with E-state index in [0.717, 1.165) is 19.4 Å². The number of ether oxygens (including phenoxy) is 1. The zero-order valence-corrected chi connectivity index (χ0v) is 11.9. The monoisotopic (exact) mass is 254 g/mol. The fourth-order valence-corrected chi connectivity index (χ4v) is 2.38. The van der Waals surface area contributed by atoms with Crippen molar-refractivity contribution in [2.45, 2.75) is 38.2 Å². The van der Waals surface area contributed by atoms with E-state index in [0.29, 0.717) is 13.2 Å². The highest BCUT2D eigenvalue weighted by molar-refractivity contribution is 5.87. The summed E-state index contributed by atoms with van der Waals surface area (Å²) in [6.45, 7) is 4.14. The second kappa shape index (κ2) is 7.54. The minimum absolute atomic E-state index is 0.0252. The molecule has 0 unspecified atom stereocenters. The Balaban J connectivity index is 2.33. The van der Waals surface area contributed by atoms with Crippen LogP contribution < -0.4 is 5.32 Å². The first kappa shape index (κ1) is 15.2. The maximum Gasteiger partial charge on any atom is 0.243 e. The number of carbonyl (C=O) groups excluding carboxylic acids is 1. The smallest absolute Gasteiger partial charge is 0.243 e. The van der Waals surface area contributed by atoms with Crippen LogP contribution in [0.5, 0.6) is 0 Å². The topological polar surface area (TPSA) is 41.6 Å². The van der Waals surface area contributed by atoms with Gasteiger partial charge in [0.15, 0.2) is 0 Å². The van der Waals surface area contributed by atoms with E-state index in [4.69, 9.17) is 4.74 Å². The van der Waals surface area contributed by atoms with Gasteiger partial charge in [-0.2, -0.15) is 0 Å². The number of likely N-dealkylation sites (N-methyl/N-ethyl adjacent to an activating group) is 1. The molecule has 1 aliphatic carbocycles. The summed E-state index contributed by atoms with van der Waals surface area (Å²) in [4.78, 5) is 13.7. The van der Waals surface area contributed by atoms with Crippen molar-refractivity contribution in [1.29, 1.82) is 0 Å². The Hall–Kier alpha value is -0.870. The summed E-state index contributed by atoms with van der Waals surface area (Å²) in [6, 6.07) is 0. The van der Waals surface area contributed by atoms with Gasteiger partial charge in [0.05, 0.1) is 5.60 Å². The lowest BCUT2D eigenvalue weighted by Gasteiger charge is -2.28. The second-order valence-electron chi connectivity index (χ2n) is 5.21. The van der Waals surface area contributed by atoms with Gasteiger partial charge in [-0.05, 0) is 33.9 Å². The number of hydrogen-bond acceptors (Lipinski definition) is 3. The van der Waals surface area contributed by atoms with Crippen molar-refractivity contribution in [2.75, 3.05) is 33.8 Å². The molecule has 0 aromatic carbocycles. The molecule has 0 aromatic heterocycles. The molecular weight excluding hydrogens is 228 g/mol. The SMILES string of the molecule is CCOC1(CNC(=O)/C=C/CN(C)C)CCCC1. The largest absolute Gasteiger partial charge is 0.373 e. The van der Waals surface area contributed by atoms with E-state index in [-0.39, 0.29) is 11.5 Å². The Morgan fingerprint density at radius 2 is 2.06 bits per heavy atom. The van der Waals surface area contributed by atoms with Gasteiger partial charge in [0.25, 0.3) is 0 Å². The lowest BCUT2D eigenvalue weighted by molar-refractivity contribution is -0.118. The van der Waals surface area contributed by atoms with Gasteiger partial charge in [0.2, 0.25) is 5.91 Å². The fourth-order valence-electron chi connectivity index (χ4n) is 2.38. The molecule has 1 amide bonds.